The van der Waals surface area contributed by atoms with Crippen molar-refractivity contribution in [1.82, 2.24) is 0 Å². The van der Waals surface area contributed by atoms with Crippen LogP contribution in [0.15, 0.2) is 42.5 Å². The molecule has 0 aliphatic heterocycles. The number of phenols is 3. The molecule has 0 fully saturated rings. The van der Waals surface area contributed by atoms with E-state index in [2.05, 4.69) is 5.32 Å². The summed E-state index contributed by atoms with van der Waals surface area (Å²) in [5, 5.41) is 31.4. The van der Waals surface area contributed by atoms with Gasteiger partial charge >= 0.3 is 0 Å². The highest BCUT2D eigenvalue weighted by Crippen LogP contribution is 2.27. The first-order valence-corrected chi connectivity index (χ1v) is 5.63. The van der Waals surface area contributed by atoms with Crippen molar-refractivity contribution in [3.63, 3.8) is 0 Å². The van der Waals surface area contributed by atoms with E-state index in [1.54, 1.807) is 30.3 Å². The molecule has 0 spiro atoms. The van der Waals surface area contributed by atoms with Crippen molar-refractivity contribution in [1.29, 1.82) is 0 Å². The van der Waals surface area contributed by atoms with E-state index >= 15 is 0 Å². The van der Waals surface area contributed by atoms with Gasteiger partial charge in [0.15, 0.2) is 0 Å². The van der Waals surface area contributed by atoms with Crippen molar-refractivity contribution in [2.24, 2.45) is 0 Å². The molecule has 0 aromatic heterocycles. The maximum absolute atomic E-state index is 9.43. The Morgan fingerprint density at radius 3 is 2.17 bits per heavy atom. The highest BCUT2D eigenvalue weighted by molar-refractivity contribution is 5.50. The number of benzene rings is 2. The number of anilines is 1. The smallest absolute Gasteiger partial charge is 0.119 e. The Morgan fingerprint density at radius 2 is 1.56 bits per heavy atom. The Kier molecular flexibility index (Phi) is 3.28. The molecule has 94 valence electrons. The van der Waals surface area contributed by atoms with Crippen molar-refractivity contribution >= 4 is 5.69 Å². The molecule has 4 heteroatoms. The third-order valence-corrected chi connectivity index (χ3v) is 2.65. The molecule has 2 aromatic rings. The van der Waals surface area contributed by atoms with Gasteiger partial charge in [-0.25, -0.2) is 0 Å². The molecule has 0 radical (unpaired) electrons. The van der Waals surface area contributed by atoms with Crippen molar-refractivity contribution in [2.75, 3.05) is 5.32 Å². The van der Waals surface area contributed by atoms with Crippen molar-refractivity contribution < 1.29 is 15.3 Å². The summed E-state index contributed by atoms with van der Waals surface area (Å²) in [6, 6.07) is 11.1. The van der Waals surface area contributed by atoms with Gasteiger partial charge in [-0.1, -0.05) is 6.07 Å². The Balaban J connectivity index is 2.19. The number of nitrogens with one attached hydrogen (secondary N) is 1. The minimum atomic E-state index is -0.107. The zero-order valence-electron chi connectivity index (χ0n) is 9.96. The first kappa shape index (κ1) is 12.1. The minimum absolute atomic E-state index is 0.0227. The van der Waals surface area contributed by atoms with Crippen LogP contribution in [-0.4, -0.2) is 15.3 Å². The monoisotopic (exact) mass is 245 g/mol. The third kappa shape index (κ3) is 2.85. The molecular formula is C14H15NO3. The van der Waals surface area contributed by atoms with Crippen LogP contribution in [0.2, 0.25) is 0 Å². The Hall–Kier alpha value is -2.36. The number of phenolic OH excluding ortho intramolecular Hbond substituents is 3. The summed E-state index contributed by atoms with van der Waals surface area (Å²) in [6.07, 6.45) is 0. The van der Waals surface area contributed by atoms with Crippen LogP contribution in [-0.2, 0) is 0 Å². The summed E-state index contributed by atoms with van der Waals surface area (Å²) in [6.45, 7) is 1.90. The fourth-order valence-corrected chi connectivity index (χ4v) is 1.80. The fourth-order valence-electron chi connectivity index (χ4n) is 1.80. The summed E-state index contributed by atoms with van der Waals surface area (Å²) < 4.78 is 0. The van der Waals surface area contributed by atoms with Gasteiger partial charge in [-0.15, -0.1) is 0 Å². The van der Waals surface area contributed by atoms with Crippen LogP contribution in [0.3, 0.4) is 0 Å². The maximum Gasteiger partial charge on any atom is 0.119 e. The van der Waals surface area contributed by atoms with E-state index in [1.807, 2.05) is 13.0 Å². The molecule has 0 saturated heterocycles. The molecule has 2 rings (SSSR count). The van der Waals surface area contributed by atoms with Gasteiger partial charge in [-0.2, -0.15) is 0 Å². The van der Waals surface area contributed by atoms with Gasteiger partial charge in [0.05, 0.1) is 0 Å². The topological polar surface area (TPSA) is 72.7 Å². The quantitative estimate of drug-likeness (QED) is 0.670. The second-order valence-electron chi connectivity index (χ2n) is 4.20. The van der Waals surface area contributed by atoms with Gasteiger partial charge in [-0.05, 0) is 36.8 Å². The molecular weight excluding hydrogens is 230 g/mol. The predicted molar refractivity (Wildman–Crippen MR) is 69.9 cm³/mol. The highest BCUT2D eigenvalue weighted by atomic mass is 16.3. The molecule has 4 nitrogen and oxygen atoms in total. The summed E-state index contributed by atoms with van der Waals surface area (Å²) >= 11 is 0. The van der Waals surface area contributed by atoms with Gasteiger partial charge in [0.1, 0.15) is 17.2 Å². The Labute approximate surface area is 105 Å². The van der Waals surface area contributed by atoms with Crippen LogP contribution < -0.4 is 5.32 Å². The fraction of sp³-hybridized carbons (Fsp3) is 0.143. The number of hydrogen-bond acceptors (Lipinski definition) is 4. The van der Waals surface area contributed by atoms with Crippen LogP contribution in [0.5, 0.6) is 17.2 Å². The van der Waals surface area contributed by atoms with Crippen LogP contribution in [0.4, 0.5) is 5.69 Å². The van der Waals surface area contributed by atoms with E-state index in [9.17, 15) is 15.3 Å². The predicted octanol–water partition coefficient (Wildman–Crippen LogP) is 2.98. The second kappa shape index (κ2) is 4.87. The molecule has 1 unspecified atom stereocenters. The van der Waals surface area contributed by atoms with Gasteiger partial charge in [0, 0.05) is 23.9 Å². The standard InChI is InChI=1S/C14H15NO3/c1-9(10-5-13(17)8-14(18)6-10)15-11-3-2-4-12(16)7-11/h2-9,15-18H,1H3. The summed E-state index contributed by atoms with van der Waals surface area (Å²) in [4.78, 5) is 0. The Bertz CT molecular complexity index is 534. The van der Waals surface area contributed by atoms with Gasteiger partial charge in [0.25, 0.3) is 0 Å². The van der Waals surface area contributed by atoms with Gasteiger partial charge in [0.2, 0.25) is 0 Å². The summed E-state index contributed by atoms with van der Waals surface area (Å²) in [5.41, 5.74) is 1.53. The van der Waals surface area contributed by atoms with E-state index < -0.39 is 0 Å². The van der Waals surface area contributed by atoms with Crippen LogP contribution in [0, 0.1) is 0 Å². The molecule has 0 bridgehead atoms. The summed E-state index contributed by atoms with van der Waals surface area (Å²) in [5.74, 6) is 0.232. The zero-order chi connectivity index (χ0) is 13.1. The van der Waals surface area contributed by atoms with Crippen LogP contribution >= 0.6 is 0 Å². The first-order valence-electron chi connectivity index (χ1n) is 5.63. The van der Waals surface area contributed by atoms with E-state index in [1.165, 1.54) is 6.07 Å². The zero-order valence-corrected chi connectivity index (χ0v) is 9.96. The molecule has 4 N–H and O–H groups in total. The molecule has 0 aliphatic rings. The van der Waals surface area contributed by atoms with E-state index in [0.717, 1.165) is 11.3 Å². The lowest BCUT2D eigenvalue weighted by molar-refractivity contribution is 0.448. The van der Waals surface area contributed by atoms with E-state index in [4.69, 9.17) is 0 Å². The molecule has 0 aliphatic carbocycles. The second-order valence-corrected chi connectivity index (χ2v) is 4.20. The minimum Gasteiger partial charge on any atom is -0.508 e. The number of aromatic hydroxyl groups is 3. The molecule has 18 heavy (non-hydrogen) atoms. The van der Waals surface area contributed by atoms with Crippen molar-refractivity contribution in [3.05, 3.63) is 48.0 Å². The number of rotatable bonds is 3. The average Bonchev–Trinajstić information content (AvgIpc) is 2.27. The largest absolute Gasteiger partial charge is 0.508 e. The van der Waals surface area contributed by atoms with Crippen molar-refractivity contribution in [2.45, 2.75) is 13.0 Å². The lowest BCUT2D eigenvalue weighted by Gasteiger charge is -2.16. The molecule has 2 aromatic carbocycles. The Morgan fingerprint density at radius 1 is 0.889 bits per heavy atom. The normalized spacial score (nSPS) is 12.1. The molecule has 0 heterocycles. The van der Waals surface area contributed by atoms with E-state index in [0.29, 0.717) is 0 Å². The third-order valence-electron chi connectivity index (χ3n) is 2.65. The van der Waals surface area contributed by atoms with Gasteiger partial charge < -0.3 is 20.6 Å². The lowest BCUT2D eigenvalue weighted by atomic mass is 10.1. The van der Waals surface area contributed by atoms with E-state index in [-0.39, 0.29) is 23.3 Å². The number of hydrogen-bond donors (Lipinski definition) is 4. The maximum atomic E-state index is 9.43. The molecule has 0 amide bonds. The average molecular weight is 245 g/mol. The molecule has 0 saturated carbocycles. The summed E-state index contributed by atoms with van der Waals surface area (Å²) in [7, 11) is 0. The van der Waals surface area contributed by atoms with Gasteiger partial charge in [-0.3, -0.25) is 0 Å². The SMILES string of the molecule is CC(Nc1cccc(O)c1)c1cc(O)cc(O)c1. The molecule has 1 atom stereocenters. The van der Waals surface area contributed by atoms with Crippen molar-refractivity contribution in [3.8, 4) is 17.2 Å². The lowest BCUT2D eigenvalue weighted by Crippen LogP contribution is -2.06. The van der Waals surface area contributed by atoms with Crippen LogP contribution in [0.1, 0.15) is 18.5 Å². The highest BCUT2D eigenvalue weighted by Gasteiger charge is 2.08. The van der Waals surface area contributed by atoms with Crippen LogP contribution in [0.25, 0.3) is 0 Å². The first-order chi connectivity index (χ1) is 8.54.